The Balaban J connectivity index is 1.78. The van der Waals surface area contributed by atoms with Crippen LogP contribution in [0.25, 0.3) is 65.6 Å². The van der Waals surface area contributed by atoms with Crippen LogP contribution in [0, 0.1) is 17.3 Å². The summed E-state index contributed by atoms with van der Waals surface area (Å²) in [6.45, 7) is 9.12. The van der Waals surface area contributed by atoms with Gasteiger partial charge in [-0.25, -0.2) is 0 Å². The Morgan fingerprint density at radius 2 is 1.53 bits per heavy atom. The highest BCUT2D eigenvalue weighted by Crippen LogP contribution is 2.45. The molecule has 0 spiro atoms. The van der Waals surface area contributed by atoms with Gasteiger partial charge in [-0.2, -0.15) is 0 Å². The summed E-state index contributed by atoms with van der Waals surface area (Å²) in [7, 11) is 5.78. The van der Waals surface area contributed by atoms with Crippen molar-refractivity contribution in [2.45, 2.75) is 34.1 Å². The first-order chi connectivity index (χ1) is 17.2. The molecule has 3 aromatic heterocycles. The molecule has 0 saturated carbocycles. The Hall–Kier alpha value is -3.55. The number of hydrogen-bond acceptors (Lipinski definition) is 2. The fourth-order valence-corrected chi connectivity index (χ4v) is 6.21. The van der Waals surface area contributed by atoms with Gasteiger partial charge in [0.05, 0.1) is 10.9 Å². The van der Waals surface area contributed by atoms with Crippen molar-refractivity contribution >= 4 is 74.4 Å². The third kappa shape index (κ3) is 2.96. The number of fused-ring (bicyclic) bond motifs is 7. The fraction of sp³-hybridized carbons (Fsp3) is 0.219. The second-order valence-corrected chi connectivity index (χ2v) is 11.9. The van der Waals surface area contributed by atoms with E-state index in [-0.39, 0.29) is 5.41 Å². The van der Waals surface area contributed by atoms with E-state index in [0.29, 0.717) is 0 Å². The number of rotatable bonds is 1. The Bertz CT molecular complexity index is 2100. The van der Waals surface area contributed by atoms with Crippen LogP contribution in [-0.4, -0.2) is 4.57 Å². The Morgan fingerprint density at radius 1 is 0.778 bits per heavy atom. The lowest BCUT2D eigenvalue weighted by Crippen LogP contribution is -2.10. The Kier molecular flexibility index (Phi) is 4.37. The van der Waals surface area contributed by atoms with Gasteiger partial charge >= 0.3 is 0 Å². The van der Waals surface area contributed by atoms with Gasteiger partial charge in [0.2, 0.25) is 0 Å². The quantitative estimate of drug-likeness (QED) is 0.131. The summed E-state index contributed by atoms with van der Waals surface area (Å²) < 4.78 is 15.6. The van der Waals surface area contributed by atoms with E-state index in [1.54, 1.807) is 0 Å². The largest absolute Gasteiger partial charge is 0.456 e. The summed E-state index contributed by atoms with van der Waals surface area (Å²) in [5.41, 5.74) is 7.49. The van der Waals surface area contributed by atoms with Crippen molar-refractivity contribution in [2.75, 3.05) is 0 Å². The van der Waals surface area contributed by atoms with Crippen LogP contribution in [0.2, 0.25) is 0 Å². The van der Waals surface area contributed by atoms with Crippen LogP contribution >= 0.6 is 8.86 Å². The standard InChI is InChI=1S/C32H28NO2P/c1-17-19-8-6-7-9-20(19)24(16-32(2,3)4)31-27(17)29-28-22(12-13-33(29)5)30-23(15-26(28)35-31)21-11-10-18(36)14-25(21)34-30/h6-15,36H,16H2,1-5H3. The predicted molar refractivity (Wildman–Crippen MR) is 154 cm³/mol. The zero-order chi connectivity index (χ0) is 24.9. The predicted octanol–water partition coefficient (Wildman–Crippen LogP) is 9.70. The third-order valence-corrected chi connectivity index (χ3v) is 7.82. The molecule has 0 amide bonds. The van der Waals surface area contributed by atoms with Crippen molar-refractivity contribution in [3.8, 4) is 0 Å². The Morgan fingerprint density at radius 3 is 2.31 bits per heavy atom. The van der Waals surface area contributed by atoms with Crippen LogP contribution in [0.5, 0.6) is 0 Å². The first kappa shape index (κ1) is 21.7. The van der Waals surface area contributed by atoms with E-state index in [4.69, 9.17) is 8.83 Å². The van der Waals surface area contributed by atoms with Crippen LogP contribution < -0.4 is 0 Å². The van der Waals surface area contributed by atoms with E-state index in [1.165, 1.54) is 32.8 Å². The minimum absolute atomic E-state index is 0.113. The summed E-state index contributed by atoms with van der Waals surface area (Å²) in [4.78, 5) is 1.00. The number of hydrogen-bond donors (Lipinski definition) is 0. The van der Waals surface area contributed by atoms with Gasteiger partial charge in [-0.1, -0.05) is 51.1 Å². The van der Waals surface area contributed by atoms with Gasteiger partial charge in [0.1, 0.15) is 22.3 Å². The summed E-state index contributed by atoms with van der Waals surface area (Å²) >= 11 is 0. The molecule has 3 nitrogen and oxygen atoms in total. The molecule has 0 aliphatic heterocycles. The molecule has 0 bridgehead atoms. The van der Waals surface area contributed by atoms with Crippen LogP contribution in [0.4, 0.5) is 0 Å². The normalized spacial score (nSPS) is 12.8. The van der Waals surface area contributed by atoms with E-state index >= 15 is 0 Å². The third-order valence-electron chi connectivity index (χ3n) is 7.51. The SMILES string of the molecule is Cc1c2ccccc2c(CC(C)(C)C)c2oc3cc4c5ccc(=P)cc5oc4c4ccn(C)c(c12)c34. The van der Waals surface area contributed by atoms with Gasteiger partial charge in [0, 0.05) is 40.4 Å². The lowest BCUT2D eigenvalue weighted by molar-refractivity contribution is 0.411. The molecule has 0 atom stereocenters. The van der Waals surface area contributed by atoms with Crippen LogP contribution in [-0.2, 0) is 13.5 Å². The van der Waals surface area contributed by atoms with E-state index in [0.717, 1.165) is 55.2 Å². The molecule has 0 N–H and O–H groups in total. The summed E-state index contributed by atoms with van der Waals surface area (Å²) in [6.07, 6.45) is 3.08. The highest BCUT2D eigenvalue weighted by molar-refractivity contribution is 7.07. The first-order valence-electron chi connectivity index (χ1n) is 12.5. The number of aromatic nitrogens is 1. The Labute approximate surface area is 211 Å². The molecule has 178 valence electrons. The fourth-order valence-electron chi connectivity index (χ4n) is 6.00. The first-order valence-corrected chi connectivity index (χ1v) is 13.0. The molecule has 7 rings (SSSR count). The van der Waals surface area contributed by atoms with Gasteiger partial charge < -0.3 is 13.4 Å². The van der Waals surface area contributed by atoms with E-state index in [2.05, 4.69) is 103 Å². The number of aryl methyl sites for hydroxylation is 2. The second-order valence-electron chi connectivity index (χ2n) is 11.3. The summed E-state index contributed by atoms with van der Waals surface area (Å²) in [5.74, 6) is 0. The maximum Gasteiger partial charge on any atom is 0.143 e. The zero-order valence-electron chi connectivity index (χ0n) is 21.2. The molecule has 0 unspecified atom stereocenters. The molecular weight excluding hydrogens is 461 g/mol. The van der Waals surface area contributed by atoms with Crippen molar-refractivity contribution in [3.05, 3.63) is 76.9 Å². The molecule has 7 aromatic rings. The lowest BCUT2D eigenvalue weighted by Gasteiger charge is -2.23. The highest BCUT2D eigenvalue weighted by atomic mass is 31.0. The molecule has 0 fully saturated rings. The van der Waals surface area contributed by atoms with Gasteiger partial charge in [0.15, 0.2) is 0 Å². The maximum absolute atomic E-state index is 6.96. The van der Waals surface area contributed by atoms with Gasteiger partial charge in [-0.05, 0) is 64.3 Å². The molecule has 0 radical (unpaired) electrons. The maximum atomic E-state index is 6.96. The van der Waals surface area contributed by atoms with Crippen molar-refractivity contribution in [3.63, 3.8) is 0 Å². The summed E-state index contributed by atoms with van der Waals surface area (Å²) in [6, 6.07) is 19.3. The van der Waals surface area contributed by atoms with E-state index in [1.807, 2.05) is 6.07 Å². The lowest BCUT2D eigenvalue weighted by atomic mass is 9.83. The number of furan rings is 1. The minimum atomic E-state index is 0.113. The van der Waals surface area contributed by atoms with Gasteiger partial charge in [0.25, 0.3) is 0 Å². The average Bonchev–Trinajstić information content (AvgIpc) is 3.19. The van der Waals surface area contributed by atoms with E-state index in [9.17, 15) is 0 Å². The average molecular weight is 490 g/mol. The van der Waals surface area contributed by atoms with Crippen molar-refractivity contribution in [1.29, 1.82) is 0 Å². The number of benzene rings is 4. The summed E-state index contributed by atoms with van der Waals surface area (Å²) in [5, 5.41) is 8.12. The molecule has 36 heavy (non-hydrogen) atoms. The number of nitrogens with zero attached hydrogens (tertiary/aromatic N) is 1. The molecule has 3 heterocycles. The molecule has 0 saturated heterocycles. The molecular formula is C32H28NO2P. The van der Waals surface area contributed by atoms with E-state index < -0.39 is 0 Å². The highest BCUT2D eigenvalue weighted by Gasteiger charge is 2.24. The van der Waals surface area contributed by atoms with Crippen LogP contribution in [0.3, 0.4) is 0 Å². The molecule has 0 aliphatic rings. The smallest absolute Gasteiger partial charge is 0.143 e. The number of pyridine rings is 1. The van der Waals surface area contributed by atoms with Crippen molar-refractivity contribution < 1.29 is 8.83 Å². The second kappa shape index (κ2) is 7.24. The van der Waals surface area contributed by atoms with Gasteiger partial charge in [-0.3, -0.25) is 0 Å². The molecule has 0 aliphatic carbocycles. The monoisotopic (exact) mass is 489 g/mol. The van der Waals surface area contributed by atoms with Crippen molar-refractivity contribution in [2.24, 2.45) is 12.5 Å². The van der Waals surface area contributed by atoms with Crippen molar-refractivity contribution in [1.82, 2.24) is 4.57 Å². The minimum Gasteiger partial charge on any atom is -0.456 e. The zero-order valence-corrected chi connectivity index (χ0v) is 22.2. The topological polar surface area (TPSA) is 31.2 Å². The van der Waals surface area contributed by atoms with Gasteiger partial charge in [-0.15, -0.1) is 8.86 Å². The molecule has 4 aromatic carbocycles. The van der Waals surface area contributed by atoms with Crippen LogP contribution in [0.15, 0.2) is 69.6 Å². The van der Waals surface area contributed by atoms with Crippen LogP contribution in [0.1, 0.15) is 31.9 Å². The molecule has 4 heteroatoms.